The molecule has 0 radical (unpaired) electrons. The quantitative estimate of drug-likeness (QED) is 0.581. The molecular formula is C9H12N2O4. The highest BCUT2D eigenvalue weighted by Gasteiger charge is 2.17. The van der Waals surface area contributed by atoms with Crippen molar-refractivity contribution in [2.24, 2.45) is 13.0 Å². The fraction of sp³-hybridized carbons (Fsp3) is 0.444. The van der Waals surface area contributed by atoms with Gasteiger partial charge in [-0.05, 0) is 0 Å². The van der Waals surface area contributed by atoms with Gasteiger partial charge in [0.25, 0.3) is 0 Å². The van der Waals surface area contributed by atoms with Crippen molar-refractivity contribution in [2.75, 3.05) is 0 Å². The van der Waals surface area contributed by atoms with Gasteiger partial charge in [0.2, 0.25) is 6.33 Å². The van der Waals surface area contributed by atoms with Gasteiger partial charge >= 0.3 is 5.97 Å². The Morgan fingerprint density at radius 1 is 1.60 bits per heavy atom. The zero-order chi connectivity index (χ0) is 11.4. The van der Waals surface area contributed by atoms with Crippen LogP contribution in [0.15, 0.2) is 18.7 Å². The van der Waals surface area contributed by atoms with Crippen LogP contribution in [0.2, 0.25) is 0 Å². The number of rotatable bonds is 5. The van der Waals surface area contributed by atoms with Crippen LogP contribution in [0.4, 0.5) is 0 Å². The topological polar surface area (TPSA) is 86.2 Å². The fourth-order valence-electron chi connectivity index (χ4n) is 1.30. The molecule has 15 heavy (non-hydrogen) atoms. The number of carbonyl (C=O) groups excluding carboxylic acids is 1. The highest BCUT2D eigenvalue weighted by Crippen LogP contribution is 2.05. The van der Waals surface area contributed by atoms with Crippen LogP contribution in [0.25, 0.3) is 0 Å². The lowest BCUT2D eigenvalue weighted by molar-refractivity contribution is -0.671. The maximum absolute atomic E-state index is 10.7. The Morgan fingerprint density at radius 3 is 2.67 bits per heavy atom. The number of aromatic nitrogens is 2. The smallest absolute Gasteiger partial charge is 0.304 e. The largest absolute Gasteiger partial charge is 0.550 e. The molecular weight excluding hydrogens is 200 g/mol. The van der Waals surface area contributed by atoms with E-state index < -0.39 is 24.3 Å². The first-order valence-electron chi connectivity index (χ1n) is 4.42. The summed E-state index contributed by atoms with van der Waals surface area (Å²) in [5.41, 5.74) is 0. The second-order valence-electron chi connectivity index (χ2n) is 3.39. The number of hydrogen-bond acceptors (Lipinski definition) is 3. The van der Waals surface area contributed by atoms with Crippen molar-refractivity contribution in [3.63, 3.8) is 0 Å². The minimum atomic E-state index is -1.34. The predicted molar refractivity (Wildman–Crippen MR) is 46.4 cm³/mol. The number of carboxylic acids is 2. The summed E-state index contributed by atoms with van der Waals surface area (Å²) in [6.45, 7) is 0.107. The third kappa shape index (κ3) is 3.41. The van der Waals surface area contributed by atoms with E-state index in [0.717, 1.165) is 0 Å². The minimum absolute atomic E-state index is 0.107. The van der Waals surface area contributed by atoms with Gasteiger partial charge in [0.05, 0.1) is 20.0 Å². The number of hydrogen-bond donors (Lipinski definition) is 1. The van der Waals surface area contributed by atoms with E-state index >= 15 is 0 Å². The molecule has 6 heteroatoms. The molecule has 0 aliphatic carbocycles. The molecule has 0 amide bonds. The van der Waals surface area contributed by atoms with Crippen molar-refractivity contribution in [1.82, 2.24) is 4.57 Å². The standard InChI is InChI=1S/C9H12N2O4/c1-10-2-3-11(6-10)5-7(9(14)15)4-8(12)13/h2-3,6-7H,4-5H2,1H3,(H-,12,13,14,15). The van der Waals surface area contributed by atoms with Crippen LogP contribution >= 0.6 is 0 Å². The first-order chi connectivity index (χ1) is 6.99. The maximum atomic E-state index is 10.7. The number of carboxylic acid groups (broad SMARTS) is 2. The molecule has 0 saturated carbocycles. The number of nitrogens with zero attached hydrogens (tertiary/aromatic N) is 2. The molecule has 0 fully saturated rings. The third-order valence-corrected chi connectivity index (χ3v) is 2.01. The van der Waals surface area contributed by atoms with E-state index in [2.05, 4.69) is 0 Å². The molecule has 1 aromatic heterocycles. The number of aryl methyl sites for hydroxylation is 1. The third-order valence-electron chi connectivity index (χ3n) is 2.01. The highest BCUT2D eigenvalue weighted by molar-refractivity contribution is 5.76. The van der Waals surface area contributed by atoms with Crippen LogP contribution in [0.1, 0.15) is 6.42 Å². The van der Waals surface area contributed by atoms with Gasteiger partial charge in [-0.3, -0.25) is 4.79 Å². The van der Waals surface area contributed by atoms with Gasteiger partial charge in [0.1, 0.15) is 12.4 Å². The van der Waals surface area contributed by atoms with Crippen LogP contribution in [0.3, 0.4) is 0 Å². The van der Waals surface area contributed by atoms with Crippen LogP contribution in [-0.2, 0) is 23.2 Å². The van der Waals surface area contributed by atoms with Crippen LogP contribution in [-0.4, -0.2) is 21.6 Å². The maximum Gasteiger partial charge on any atom is 0.304 e. The van der Waals surface area contributed by atoms with Crippen molar-refractivity contribution in [3.8, 4) is 0 Å². The van der Waals surface area contributed by atoms with Gasteiger partial charge in [-0.2, -0.15) is 0 Å². The van der Waals surface area contributed by atoms with E-state index in [1.54, 1.807) is 34.9 Å². The lowest BCUT2D eigenvalue weighted by Gasteiger charge is -2.12. The summed E-state index contributed by atoms with van der Waals surface area (Å²) >= 11 is 0. The van der Waals surface area contributed by atoms with E-state index in [1.807, 2.05) is 0 Å². The average molecular weight is 212 g/mol. The Bertz CT molecular complexity index is 372. The summed E-state index contributed by atoms with van der Waals surface area (Å²) in [5, 5.41) is 19.2. The van der Waals surface area contributed by atoms with Crippen molar-refractivity contribution in [1.29, 1.82) is 0 Å². The Balaban J connectivity index is 2.66. The molecule has 1 N–H and O–H groups in total. The van der Waals surface area contributed by atoms with E-state index in [-0.39, 0.29) is 6.54 Å². The number of imidazole rings is 1. The Kier molecular flexibility index (Phi) is 3.43. The SMILES string of the molecule is C[n+]1ccn(CC(CC(=O)O)C(=O)[O-])c1. The summed E-state index contributed by atoms with van der Waals surface area (Å²) in [5.74, 6) is -3.48. The molecule has 1 heterocycles. The van der Waals surface area contributed by atoms with E-state index in [1.165, 1.54) is 0 Å². The lowest BCUT2D eigenvalue weighted by Crippen LogP contribution is -2.35. The van der Waals surface area contributed by atoms with Crippen molar-refractivity contribution >= 4 is 11.9 Å². The van der Waals surface area contributed by atoms with Crippen LogP contribution in [0.5, 0.6) is 0 Å². The molecule has 1 rings (SSSR count). The Morgan fingerprint density at radius 2 is 2.27 bits per heavy atom. The van der Waals surface area contributed by atoms with Crippen LogP contribution in [0, 0.1) is 5.92 Å². The molecule has 6 nitrogen and oxygen atoms in total. The molecule has 82 valence electrons. The van der Waals surface area contributed by atoms with Gasteiger partial charge in [-0.15, -0.1) is 0 Å². The van der Waals surface area contributed by atoms with Gasteiger partial charge in [0.15, 0.2) is 0 Å². The average Bonchev–Trinajstić information content (AvgIpc) is 2.49. The molecule has 0 bridgehead atoms. The molecule has 0 aliphatic rings. The lowest BCUT2D eigenvalue weighted by atomic mass is 10.1. The number of carbonyl (C=O) groups is 2. The second-order valence-corrected chi connectivity index (χ2v) is 3.39. The zero-order valence-corrected chi connectivity index (χ0v) is 8.29. The Hall–Kier alpha value is -1.85. The minimum Gasteiger partial charge on any atom is -0.550 e. The first kappa shape index (κ1) is 11.2. The molecule has 0 spiro atoms. The monoisotopic (exact) mass is 212 g/mol. The van der Waals surface area contributed by atoms with Crippen molar-refractivity contribution in [3.05, 3.63) is 18.7 Å². The summed E-state index contributed by atoms with van der Waals surface area (Å²) < 4.78 is 3.36. The van der Waals surface area contributed by atoms with Crippen LogP contribution < -0.4 is 9.67 Å². The summed E-state index contributed by atoms with van der Waals surface area (Å²) in [4.78, 5) is 21.1. The van der Waals surface area contributed by atoms with Crippen molar-refractivity contribution in [2.45, 2.75) is 13.0 Å². The molecule has 1 aromatic rings. The summed E-state index contributed by atoms with van der Waals surface area (Å²) in [6, 6.07) is 0. The fourth-order valence-corrected chi connectivity index (χ4v) is 1.30. The van der Waals surface area contributed by atoms with Gasteiger partial charge in [-0.1, -0.05) is 0 Å². The Labute approximate surface area is 86.4 Å². The van der Waals surface area contributed by atoms with Gasteiger partial charge < -0.3 is 15.0 Å². The first-order valence-corrected chi connectivity index (χ1v) is 4.42. The van der Waals surface area contributed by atoms with E-state index in [9.17, 15) is 14.7 Å². The second kappa shape index (κ2) is 4.59. The molecule has 1 atom stereocenters. The zero-order valence-electron chi connectivity index (χ0n) is 8.29. The predicted octanol–water partition coefficient (Wildman–Crippen LogP) is -1.85. The molecule has 1 unspecified atom stereocenters. The normalized spacial score (nSPS) is 12.3. The molecule has 0 aliphatic heterocycles. The van der Waals surface area contributed by atoms with E-state index in [4.69, 9.17) is 5.11 Å². The summed E-state index contributed by atoms with van der Waals surface area (Å²) in [6.07, 6.45) is 4.67. The van der Waals surface area contributed by atoms with Gasteiger partial charge in [0, 0.05) is 11.9 Å². The summed E-state index contributed by atoms with van der Waals surface area (Å²) in [7, 11) is 1.79. The van der Waals surface area contributed by atoms with Crippen molar-refractivity contribution < 1.29 is 24.4 Å². The molecule has 0 aromatic carbocycles. The highest BCUT2D eigenvalue weighted by atomic mass is 16.4. The number of aliphatic carboxylic acids is 2. The van der Waals surface area contributed by atoms with Gasteiger partial charge in [-0.25, -0.2) is 9.13 Å². The molecule has 0 saturated heterocycles. The van der Waals surface area contributed by atoms with E-state index in [0.29, 0.717) is 0 Å².